The summed E-state index contributed by atoms with van der Waals surface area (Å²) >= 11 is 0. The van der Waals surface area contributed by atoms with Gasteiger partial charge in [0.25, 0.3) is 0 Å². The molecule has 2 unspecified atom stereocenters. The molecule has 104 valence electrons. The molecule has 1 saturated heterocycles. The van der Waals surface area contributed by atoms with Gasteiger partial charge in [-0.2, -0.15) is 4.98 Å². The number of hydrogen-bond acceptors (Lipinski definition) is 3. The molecule has 4 rings (SSSR count). The Morgan fingerprint density at radius 2 is 1.90 bits per heavy atom. The van der Waals surface area contributed by atoms with Crippen molar-refractivity contribution in [3.63, 3.8) is 0 Å². The number of nitrogens with zero attached hydrogens (tertiary/aromatic N) is 3. The number of rotatable bonds is 5. The van der Waals surface area contributed by atoms with Crippen LogP contribution in [0.2, 0.25) is 0 Å². The zero-order valence-corrected chi connectivity index (χ0v) is 11.6. The Morgan fingerprint density at radius 3 is 2.70 bits per heavy atom. The minimum atomic E-state index is 0.909. The Kier molecular flexibility index (Phi) is 2.94. The van der Waals surface area contributed by atoms with Gasteiger partial charge in [0.1, 0.15) is 5.82 Å². The summed E-state index contributed by atoms with van der Waals surface area (Å²) in [7, 11) is 0. The van der Waals surface area contributed by atoms with Crippen molar-refractivity contribution in [3.05, 3.63) is 41.7 Å². The van der Waals surface area contributed by atoms with Crippen molar-refractivity contribution in [2.24, 2.45) is 11.8 Å². The van der Waals surface area contributed by atoms with Gasteiger partial charge in [0, 0.05) is 19.5 Å². The van der Waals surface area contributed by atoms with Gasteiger partial charge >= 0.3 is 0 Å². The maximum absolute atomic E-state index is 4.64. The van der Waals surface area contributed by atoms with Crippen molar-refractivity contribution in [1.82, 2.24) is 15.2 Å². The fourth-order valence-corrected chi connectivity index (χ4v) is 3.20. The van der Waals surface area contributed by atoms with Gasteiger partial charge in [-0.15, -0.1) is 5.10 Å². The molecule has 1 aliphatic heterocycles. The van der Waals surface area contributed by atoms with E-state index in [1.54, 1.807) is 0 Å². The van der Waals surface area contributed by atoms with Crippen molar-refractivity contribution in [1.29, 1.82) is 0 Å². The van der Waals surface area contributed by atoms with Crippen LogP contribution in [0.1, 0.15) is 24.2 Å². The lowest BCUT2D eigenvalue weighted by Crippen LogP contribution is -2.22. The van der Waals surface area contributed by atoms with Crippen LogP contribution < -0.4 is 4.90 Å². The Balaban J connectivity index is 1.30. The zero-order chi connectivity index (χ0) is 13.4. The van der Waals surface area contributed by atoms with Crippen LogP contribution in [0.25, 0.3) is 0 Å². The average Bonchev–Trinajstić information content (AvgIpc) is 2.91. The summed E-state index contributed by atoms with van der Waals surface area (Å²) in [6, 6.07) is 10.6. The third-order valence-electron chi connectivity index (χ3n) is 4.50. The van der Waals surface area contributed by atoms with Gasteiger partial charge < -0.3 is 4.90 Å². The van der Waals surface area contributed by atoms with E-state index in [4.69, 9.17) is 0 Å². The fourth-order valence-electron chi connectivity index (χ4n) is 3.20. The molecule has 2 aromatic rings. The van der Waals surface area contributed by atoms with Crippen LogP contribution >= 0.6 is 0 Å². The predicted molar refractivity (Wildman–Crippen MR) is 78.7 cm³/mol. The number of nitrogens with one attached hydrogen (secondary N) is 1. The predicted octanol–water partition coefficient (Wildman–Crippen LogP) is 2.44. The maximum Gasteiger partial charge on any atom is 0.244 e. The van der Waals surface area contributed by atoms with Crippen LogP contribution in [0.15, 0.2) is 30.3 Å². The van der Waals surface area contributed by atoms with Gasteiger partial charge in [-0.1, -0.05) is 30.3 Å². The molecule has 0 amide bonds. The Bertz CT molecular complexity index is 567. The first-order chi connectivity index (χ1) is 9.88. The number of benzene rings is 1. The first-order valence-electron chi connectivity index (χ1n) is 7.58. The van der Waals surface area contributed by atoms with E-state index in [9.17, 15) is 0 Å². The normalized spacial score (nSPS) is 23.9. The summed E-state index contributed by atoms with van der Waals surface area (Å²) in [5.74, 6) is 3.79. The van der Waals surface area contributed by atoms with Crippen molar-refractivity contribution in [3.8, 4) is 0 Å². The first kappa shape index (κ1) is 11.9. The van der Waals surface area contributed by atoms with Gasteiger partial charge in [-0.25, -0.2) is 0 Å². The minimum Gasteiger partial charge on any atom is -0.339 e. The number of hydrogen-bond donors (Lipinski definition) is 1. The summed E-state index contributed by atoms with van der Waals surface area (Å²) in [5.41, 5.74) is 1.40. The van der Waals surface area contributed by atoms with Crippen LogP contribution in [0, 0.1) is 11.8 Å². The van der Waals surface area contributed by atoms with Crippen LogP contribution in [0.3, 0.4) is 0 Å². The summed E-state index contributed by atoms with van der Waals surface area (Å²) in [4.78, 5) is 6.97. The molecule has 1 N–H and O–H groups in total. The molecule has 20 heavy (non-hydrogen) atoms. The van der Waals surface area contributed by atoms with Gasteiger partial charge in [-0.3, -0.25) is 5.10 Å². The lowest BCUT2D eigenvalue weighted by Gasteiger charge is -2.14. The van der Waals surface area contributed by atoms with Crippen LogP contribution in [0.4, 0.5) is 5.95 Å². The van der Waals surface area contributed by atoms with Crippen molar-refractivity contribution in [2.75, 3.05) is 18.0 Å². The molecule has 2 fully saturated rings. The van der Waals surface area contributed by atoms with Crippen molar-refractivity contribution < 1.29 is 0 Å². The molecule has 1 aromatic heterocycles. The number of H-pyrrole nitrogens is 1. The molecule has 1 aliphatic carbocycles. The summed E-state index contributed by atoms with van der Waals surface area (Å²) in [6.45, 7) is 2.32. The third-order valence-corrected chi connectivity index (χ3v) is 4.50. The summed E-state index contributed by atoms with van der Waals surface area (Å²) in [5, 5.41) is 7.46. The first-order valence-corrected chi connectivity index (χ1v) is 7.58. The molecular weight excluding hydrogens is 248 g/mol. The quantitative estimate of drug-likeness (QED) is 0.906. The molecule has 1 aromatic carbocycles. The summed E-state index contributed by atoms with van der Waals surface area (Å²) in [6.07, 6.45) is 4.61. The molecule has 4 heteroatoms. The average molecular weight is 268 g/mol. The number of piperidine rings is 1. The van der Waals surface area contributed by atoms with E-state index in [1.165, 1.54) is 12.0 Å². The van der Waals surface area contributed by atoms with E-state index in [-0.39, 0.29) is 0 Å². The second-order valence-electron chi connectivity index (χ2n) is 6.08. The SMILES string of the molecule is c1ccc(CCCc2nc(N3CC4CC4C3)n[nH]2)cc1. The van der Waals surface area contributed by atoms with Crippen molar-refractivity contribution >= 4 is 5.95 Å². The Hall–Kier alpha value is -1.84. The molecular formula is C16H20N4. The standard InChI is InChI=1S/C16H20N4/c1-2-5-12(6-3-1)7-4-8-15-17-16(19-18-15)20-10-13-9-14(13)11-20/h1-3,5-6,13-14H,4,7-11H2,(H,17,18,19). The monoisotopic (exact) mass is 268 g/mol. The molecule has 0 radical (unpaired) electrons. The van der Waals surface area contributed by atoms with Crippen LogP contribution in [0.5, 0.6) is 0 Å². The zero-order valence-electron chi connectivity index (χ0n) is 11.6. The number of aromatic nitrogens is 3. The Labute approximate surface area is 119 Å². The topological polar surface area (TPSA) is 44.8 Å². The van der Waals surface area contributed by atoms with Gasteiger partial charge in [0.2, 0.25) is 5.95 Å². The smallest absolute Gasteiger partial charge is 0.244 e. The highest BCUT2D eigenvalue weighted by Crippen LogP contribution is 2.45. The molecule has 1 saturated carbocycles. The van der Waals surface area contributed by atoms with Gasteiger partial charge in [0.15, 0.2) is 0 Å². The maximum atomic E-state index is 4.64. The number of aryl methyl sites for hydroxylation is 2. The highest BCUT2D eigenvalue weighted by Gasteiger charge is 2.45. The lowest BCUT2D eigenvalue weighted by atomic mass is 10.1. The van der Waals surface area contributed by atoms with Gasteiger partial charge in [-0.05, 0) is 36.7 Å². The molecule has 2 atom stereocenters. The molecule has 0 bridgehead atoms. The van der Waals surface area contributed by atoms with Gasteiger partial charge in [0.05, 0.1) is 0 Å². The third kappa shape index (κ3) is 2.42. The van der Waals surface area contributed by atoms with Crippen LogP contribution in [-0.4, -0.2) is 28.3 Å². The highest BCUT2D eigenvalue weighted by atomic mass is 15.4. The van der Waals surface area contributed by atoms with E-state index in [2.05, 4.69) is 50.4 Å². The van der Waals surface area contributed by atoms with E-state index in [0.717, 1.165) is 56.0 Å². The highest BCUT2D eigenvalue weighted by molar-refractivity contribution is 5.33. The molecule has 0 spiro atoms. The molecule has 4 nitrogen and oxygen atoms in total. The van der Waals surface area contributed by atoms with E-state index >= 15 is 0 Å². The number of aromatic amines is 1. The van der Waals surface area contributed by atoms with Crippen LogP contribution in [-0.2, 0) is 12.8 Å². The number of fused-ring (bicyclic) bond motifs is 1. The fraction of sp³-hybridized carbons (Fsp3) is 0.500. The largest absolute Gasteiger partial charge is 0.339 e. The second-order valence-corrected chi connectivity index (χ2v) is 6.08. The van der Waals surface area contributed by atoms with E-state index in [0.29, 0.717) is 0 Å². The Morgan fingerprint density at radius 1 is 1.10 bits per heavy atom. The van der Waals surface area contributed by atoms with E-state index < -0.39 is 0 Å². The summed E-state index contributed by atoms with van der Waals surface area (Å²) < 4.78 is 0. The lowest BCUT2D eigenvalue weighted by molar-refractivity contribution is 0.773. The minimum absolute atomic E-state index is 0.909. The van der Waals surface area contributed by atoms with E-state index in [1.807, 2.05) is 0 Å². The number of anilines is 1. The molecule has 2 aliphatic rings. The van der Waals surface area contributed by atoms with Crippen molar-refractivity contribution in [2.45, 2.75) is 25.7 Å². The second kappa shape index (κ2) is 4.93. The molecule has 2 heterocycles.